The molecule has 0 saturated carbocycles. The number of likely N-dealkylation sites (tertiary alicyclic amines) is 1. The Balaban J connectivity index is 2.13. The van der Waals surface area contributed by atoms with E-state index in [1.54, 1.807) is 14.2 Å². The van der Waals surface area contributed by atoms with Crippen molar-refractivity contribution in [2.75, 3.05) is 33.9 Å². The van der Waals surface area contributed by atoms with Gasteiger partial charge in [0.1, 0.15) is 0 Å². The number of hydrogen-bond acceptors (Lipinski definition) is 4. The summed E-state index contributed by atoms with van der Waals surface area (Å²) in [7, 11) is 3.19. The van der Waals surface area contributed by atoms with Crippen LogP contribution in [0.15, 0.2) is 12.1 Å². The highest BCUT2D eigenvalue weighted by Gasteiger charge is 2.21. The van der Waals surface area contributed by atoms with Gasteiger partial charge in [0.15, 0.2) is 11.5 Å². The Morgan fingerprint density at radius 2 is 2.15 bits per heavy atom. The van der Waals surface area contributed by atoms with E-state index >= 15 is 0 Å². The van der Waals surface area contributed by atoms with E-state index in [2.05, 4.69) is 4.90 Å². The molecule has 1 aliphatic rings. The van der Waals surface area contributed by atoms with Crippen LogP contribution in [0.5, 0.6) is 11.5 Å². The van der Waals surface area contributed by atoms with Gasteiger partial charge in [-0.1, -0.05) is 17.7 Å². The van der Waals surface area contributed by atoms with Gasteiger partial charge in [0, 0.05) is 19.7 Å². The summed E-state index contributed by atoms with van der Waals surface area (Å²) in [5, 5.41) is 9.90. The summed E-state index contributed by atoms with van der Waals surface area (Å²) < 4.78 is 10.6. The minimum absolute atomic E-state index is 0.260. The molecule has 20 heavy (non-hydrogen) atoms. The normalized spacial score (nSPS) is 19.9. The highest BCUT2D eigenvalue weighted by Crippen LogP contribution is 2.38. The summed E-state index contributed by atoms with van der Waals surface area (Å²) in [5.41, 5.74) is 1.03. The zero-order chi connectivity index (χ0) is 14.5. The maximum atomic E-state index is 9.29. The summed E-state index contributed by atoms with van der Waals surface area (Å²) in [6.45, 7) is 2.99. The number of piperidine rings is 1. The second-order valence-corrected chi connectivity index (χ2v) is 5.58. The molecule has 0 bridgehead atoms. The summed E-state index contributed by atoms with van der Waals surface area (Å²) in [6.07, 6.45) is 2.23. The predicted octanol–water partition coefficient (Wildman–Crippen LogP) is 2.56. The van der Waals surface area contributed by atoms with Crippen molar-refractivity contribution in [3.8, 4) is 11.5 Å². The van der Waals surface area contributed by atoms with Gasteiger partial charge in [-0.05, 0) is 36.9 Å². The topological polar surface area (TPSA) is 41.9 Å². The third-order valence-electron chi connectivity index (χ3n) is 3.82. The molecular weight excluding hydrogens is 278 g/mol. The van der Waals surface area contributed by atoms with Crippen LogP contribution in [-0.2, 0) is 6.54 Å². The van der Waals surface area contributed by atoms with Gasteiger partial charge in [0.2, 0.25) is 0 Å². The summed E-state index contributed by atoms with van der Waals surface area (Å²) in [5.74, 6) is 1.61. The molecule has 112 valence electrons. The van der Waals surface area contributed by atoms with Crippen LogP contribution in [0.25, 0.3) is 0 Å². The van der Waals surface area contributed by atoms with Gasteiger partial charge < -0.3 is 14.6 Å². The third-order valence-corrected chi connectivity index (χ3v) is 4.23. The summed E-state index contributed by atoms with van der Waals surface area (Å²) in [6, 6.07) is 3.86. The van der Waals surface area contributed by atoms with Gasteiger partial charge in [0.25, 0.3) is 0 Å². The standard InChI is InChI=1S/C15H22ClNO3/c1-19-13-6-5-12(14(16)15(13)20-2)9-17-7-3-4-11(8-17)10-18/h5-6,11,18H,3-4,7-10H2,1-2H3. The number of hydrogen-bond donors (Lipinski definition) is 1. The monoisotopic (exact) mass is 299 g/mol. The first-order valence-corrected chi connectivity index (χ1v) is 7.30. The van der Waals surface area contributed by atoms with Gasteiger partial charge in [-0.3, -0.25) is 4.90 Å². The molecule has 4 nitrogen and oxygen atoms in total. The molecule has 0 radical (unpaired) electrons. The number of rotatable bonds is 5. The van der Waals surface area contributed by atoms with Gasteiger partial charge >= 0.3 is 0 Å². The largest absolute Gasteiger partial charge is 0.493 e. The first-order valence-electron chi connectivity index (χ1n) is 6.92. The first kappa shape index (κ1) is 15.4. The highest BCUT2D eigenvalue weighted by atomic mass is 35.5. The predicted molar refractivity (Wildman–Crippen MR) is 79.6 cm³/mol. The van der Waals surface area contributed by atoms with Crippen molar-refractivity contribution in [3.63, 3.8) is 0 Å². The lowest BCUT2D eigenvalue weighted by molar-refractivity contribution is 0.116. The molecule has 2 rings (SSSR count). The van der Waals surface area contributed by atoms with Crippen molar-refractivity contribution in [3.05, 3.63) is 22.7 Å². The van der Waals surface area contributed by atoms with E-state index in [-0.39, 0.29) is 6.61 Å². The zero-order valence-electron chi connectivity index (χ0n) is 12.1. The fourth-order valence-electron chi connectivity index (χ4n) is 2.74. The molecule has 1 aromatic carbocycles. The minimum atomic E-state index is 0.260. The Hall–Kier alpha value is -0.970. The van der Waals surface area contributed by atoms with Crippen LogP contribution >= 0.6 is 11.6 Å². The smallest absolute Gasteiger partial charge is 0.179 e. The molecule has 0 aromatic heterocycles. The van der Waals surface area contributed by atoms with Crippen molar-refractivity contribution in [1.82, 2.24) is 4.90 Å². The van der Waals surface area contributed by atoms with Gasteiger partial charge in [-0.25, -0.2) is 0 Å². The van der Waals surface area contributed by atoms with E-state index in [4.69, 9.17) is 21.1 Å². The number of halogens is 1. The van der Waals surface area contributed by atoms with Crippen molar-refractivity contribution < 1.29 is 14.6 Å². The van der Waals surface area contributed by atoms with E-state index in [1.165, 1.54) is 0 Å². The number of methoxy groups -OCH3 is 2. The molecule has 1 heterocycles. The zero-order valence-corrected chi connectivity index (χ0v) is 12.8. The summed E-state index contributed by atoms with van der Waals surface area (Å²) in [4.78, 5) is 2.33. The maximum absolute atomic E-state index is 9.29. The second-order valence-electron chi connectivity index (χ2n) is 5.20. The quantitative estimate of drug-likeness (QED) is 0.907. The number of aliphatic hydroxyl groups excluding tert-OH is 1. The van der Waals surface area contributed by atoms with E-state index in [9.17, 15) is 5.11 Å². The number of aliphatic hydroxyl groups is 1. The molecule has 1 atom stereocenters. The molecular formula is C15H22ClNO3. The van der Waals surface area contributed by atoms with E-state index in [1.807, 2.05) is 12.1 Å². The lowest BCUT2D eigenvalue weighted by atomic mass is 9.98. The highest BCUT2D eigenvalue weighted by molar-refractivity contribution is 6.33. The number of benzene rings is 1. The van der Waals surface area contributed by atoms with Crippen LogP contribution in [0, 0.1) is 5.92 Å². The molecule has 1 unspecified atom stereocenters. The lowest BCUT2D eigenvalue weighted by Crippen LogP contribution is -2.36. The van der Waals surface area contributed by atoms with Crippen LogP contribution < -0.4 is 9.47 Å². The number of ether oxygens (including phenoxy) is 2. The van der Waals surface area contributed by atoms with Crippen LogP contribution in [0.2, 0.25) is 5.02 Å². The molecule has 1 aliphatic heterocycles. The first-order chi connectivity index (χ1) is 9.69. The van der Waals surface area contributed by atoms with Crippen LogP contribution in [-0.4, -0.2) is 43.9 Å². The SMILES string of the molecule is COc1ccc(CN2CCCC(CO)C2)c(Cl)c1OC. The van der Waals surface area contributed by atoms with Crippen molar-refractivity contribution in [1.29, 1.82) is 0 Å². The average Bonchev–Trinajstić information content (AvgIpc) is 2.49. The fraction of sp³-hybridized carbons (Fsp3) is 0.600. The fourth-order valence-corrected chi connectivity index (χ4v) is 3.03. The minimum Gasteiger partial charge on any atom is -0.493 e. The summed E-state index contributed by atoms with van der Waals surface area (Å²) >= 11 is 6.40. The van der Waals surface area contributed by atoms with Crippen LogP contribution in [0.4, 0.5) is 0 Å². The average molecular weight is 300 g/mol. The Labute approximate surface area is 125 Å². The maximum Gasteiger partial charge on any atom is 0.179 e. The van der Waals surface area contributed by atoms with Crippen LogP contribution in [0.3, 0.4) is 0 Å². The van der Waals surface area contributed by atoms with E-state index < -0.39 is 0 Å². The van der Waals surface area contributed by atoms with Crippen molar-refractivity contribution >= 4 is 11.6 Å². The van der Waals surface area contributed by atoms with Crippen molar-refractivity contribution in [2.45, 2.75) is 19.4 Å². The third kappa shape index (κ3) is 3.37. The molecule has 1 aromatic rings. The molecule has 1 fully saturated rings. The second kappa shape index (κ2) is 7.16. The molecule has 0 amide bonds. The molecule has 5 heteroatoms. The Morgan fingerprint density at radius 1 is 1.35 bits per heavy atom. The molecule has 1 saturated heterocycles. The van der Waals surface area contributed by atoms with Gasteiger partial charge in [-0.2, -0.15) is 0 Å². The Morgan fingerprint density at radius 3 is 2.80 bits per heavy atom. The van der Waals surface area contributed by atoms with Gasteiger partial charge in [-0.15, -0.1) is 0 Å². The van der Waals surface area contributed by atoms with E-state index in [0.717, 1.165) is 38.0 Å². The van der Waals surface area contributed by atoms with E-state index in [0.29, 0.717) is 22.4 Å². The Kier molecular flexibility index (Phi) is 5.52. The Bertz CT molecular complexity index is 453. The molecule has 0 aliphatic carbocycles. The van der Waals surface area contributed by atoms with Crippen molar-refractivity contribution in [2.24, 2.45) is 5.92 Å². The van der Waals surface area contributed by atoms with Crippen LogP contribution in [0.1, 0.15) is 18.4 Å². The molecule has 0 spiro atoms. The lowest BCUT2D eigenvalue weighted by Gasteiger charge is -2.32. The van der Waals surface area contributed by atoms with Gasteiger partial charge in [0.05, 0.1) is 19.2 Å². The number of nitrogens with zero attached hydrogens (tertiary/aromatic N) is 1. The molecule has 1 N–H and O–H groups in total.